The average Bonchev–Trinajstić information content (AvgIpc) is 3.37. The number of allylic oxidation sites excluding steroid dienone is 1. The van der Waals surface area contributed by atoms with Crippen molar-refractivity contribution in [3.63, 3.8) is 0 Å². The zero-order valence-corrected chi connectivity index (χ0v) is 48.2. The zero-order valence-electron chi connectivity index (χ0n) is 48.2. The van der Waals surface area contributed by atoms with E-state index in [0.717, 1.165) is 38.5 Å². The normalized spacial score (nSPS) is 12.6. The van der Waals surface area contributed by atoms with E-state index in [1.165, 1.54) is 302 Å². The first kappa shape index (κ1) is 69.6. The van der Waals surface area contributed by atoms with Crippen molar-refractivity contribution in [3.05, 3.63) is 12.2 Å². The van der Waals surface area contributed by atoms with Crippen LogP contribution in [0.15, 0.2) is 12.2 Å². The molecule has 71 heavy (non-hydrogen) atoms. The molecule has 0 aromatic carbocycles. The molecule has 2 atom stereocenters. The summed E-state index contributed by atoms with van der Waals surface area (Å²) in [6.45, 7) is 4.93. The number of hydrogen-bond donors (Lipinski definition) is 3. The fourth-order valence-corrected chi connectivity index (χ4v) is 10.3. The molecule has 0 bridgehead atoms. The highest BCUT2D eigenvalue weighted by molar-refractivity contribution is 5.76. The highest BCUT2D eigenvalue weighted by atomic mass is 16.5. The predicted octanol–water partition coefficient (Wildman–Crippen LogP) is 20.4. The van der Waals surface area contributed by atoms with Gasteiger partial charge in [0.05, 0.1) is 25.4 Å². The van der Waals surface area contributed by atoms with Crippen LogP contribution >= 0.6 is 0 Å². The highest BCUT2D eigenvalue weighted by Crippen LogP contribution is 2.18. The standard InChI is InChI=1S/C65H127NO5/c1-3-5-7-9-11-13-15-16-17-18-28-31-34-38-41-45-49-53-57-63(68)62(61-67)66-64(69)58-54-50-46-42-39-35-32-29-26-24-22-20-19-21-23-25-27-30-33-36-40-44-48-52-56-60-71-65(70)59-55-51-47-43-37-14-12-10-8-6-4-2/h53,57,62-63,67-68H,3-52,54-56,58-61H2,1-2H3,(H,66,69)/b57-53+. The molecule has 3 N–H and O–H groups in total. The lowest BCUT2D eigenvalue weighted by Gasteiger charge is -2.20. The van der Waals surface area contributed by atoms with Gasteiger partial charge in [0.25, 0.3) is 0 Å². The SMILES string of the molecule is CCCCCCCCCCCCCCCCCC/C=C/C(O)C(CO)NC(=O)CCCCCCCCCCCCCCCCCCCCCCCCCCCOC(=O)CCCCCCCCCCCCC. The fourth-order valence-electron chi connectivity index (χ4n) is 10.3. The maximum Gasteiger partial charge on any atom is 0.305 e. The second-order valence-corrected chi connectivity index (χ2v) is 22.5. The average molecular weight is 1000 g/mol. The van der Waals surface area contributed by atoms with Crippen molar-refractivity contribution in [2.45, 2.75) is 379 Å². The van der Waals surface area contributed by atoms with E-state index >= 15 is 0 Å². The molecule has 0 spiro atoms. The Bertz CT molecular complexity index is 1060. The second-order valence-electron chi connectivity index (χ2n) is 22.5. The minimum Gasteiger partial charge on any atom is -0.466 e. The van der Waals surface area contributed by atoms with Crippen molar-refractivity contribution in [1.29, 1.82) is 0 Å². The summed E-state index contributed by atoms with van der Waals surface area (Å²) in [5.41, 5.74) is 0. The molecule has 6 nitrogen and oxygen atoms in total. The Balaban J connectivity index is 3.38. The van der Waals surface area contributed by atoms with E-state index in [4.69, 9.17) is 4.74 Å². The van der Waals surface area contributed by atoms with Gasteiger partial charge in [-0.1, -0.05) is 334 Å². The van der Waals surface area contributed by atoms with Crippen LogP contribution in [0.25, 0.3) is 0 Å². The molecular formula is C65H127NO5. The molecule has 0 radical (unpaired) electrons. The Kier molecular flexibility index (Phi) is 59.9. The summed E-state index contributed by atoms with van der Waals surface area (Å²) in [4.78, 5) is 24.5. The number of unbranched alkanes of at least 4 members (excludes halogenated alkanes) is 50. The molecule has 0 fully saturated rings. The molecule has 0 saturated heterocycles. The summed E-state index contributed by atoms with van der Waals surface area (Å²) in [6, 6.07) is -0.626. The Hall–Kier alpha value is -1.40. The number of aliphatic hydroxyl groups is 2. The topological polar surface area (TPSA) is 95.9 Å². The van der Waals surface area contributed by atoms with E-state index in [1.54, 1.807) is 6.08 Å². The van der Waals surface area contributed by atoms with Gasteiger partial charge in [0, 0.05) is 12.8 Å². The van der Waals surface area contributed by atoms with Crippen molar-refractivity contribution in [1.82, 2.24) is 5.32 Å². The van der Waals surface area contributed by atoms with Gasteiger partial charge in [-0.25, -0.2) is 0 Å². The number of esters is 1. The first-order chi connectivity index (χ1) is 35.0. The van der Waals surface area contributed by atoms with Gasteiger partial charge >= 0.3 is 5.97 Å². The van der Waals surface area contributed by atoms with Gasteiger partial charge in [-0.3, -0.25) is 9.59 Å². The van der Waals surface area contributed by atoms with Crippen LogP contribution in [-0.2, 0) is 14.3 Å². The first-order valence-corrected chi connectivity index (χ1v) is 32.5. The van der Waals surface area contributed by atoms with E-state index < -0.39 is 12.1 Å². The first-order valence-electron chi connectivity index (χ1n) is 32.5. The molecule has 0 aliphatic rings. The largest absolute Gasteiger partial charge is 0.466 e. The smallest absolute Gasteiger partial charge is 0.305 e. The lowest BCUT2D eigenvalue weighted by Crippen LogP contribution is -2.45. The maximum absolute atomic E-state index is 12.5. The molecule has 0 heterocycles. The molecule has 0 aliphatic heterocycles. The number of ether oxygens (including phenoxy) is 1. The molecule has 0 rings (SSSR count). The van der Waals surface area contributed by atoms with E-state index in [0.29, 0.717) is 19.4 Å². The third kappa shape index (κ3) is 57.7. The number of hydrogen-bond acceptors (Lipinski definition) is 5. The Morgan fingerprint density at radius 3 is 0.958 bits per heavy atom. The quantitative estimate of drug-likeness (QED) is 0.0320. The molecule has 422 valence electrons. The van der Waals surface area contributed by atoms with Crippen LogP contribution in [0.5, 0.6) is 0 Å². The van der Waals surface area contributed by atoms with Crippen LogP contribution in [0.4, 0.5) is 0 Å². The van der Waals surface area contributed by atoms with Gasteiger partial charge in [0.1, 0.15) is 0 Å². The Labute approximate surface area is 444 Å². The number of nitrogens with one attached hydrogen (secondary N) is 1. The maximum atomic E-state index is 12.5. The molecule has 0 saturated carbocycles. The third-order valence-electron chi connectivity index (χ3n) is 15.3. The molecule has 6 heteroatoms. The monoisotopic (exact) mass is 1000 g/mol. The van der Waals surface area contributed by atoms with E-state index in [-0.39, 0.29) is 18.5 Å². The summed E-state index contributed by atoms with van der Waals surface area (Å²) < 4.78 is 5.47. The van der Waals surface area contributed by atoms with Crippen LogP contribution in [0.1, 0.15) is 367 Å². The lowest BCUT2D eigenvalue weighted by atomic mass is 10.0. The van der Waals surface area contributed by atoms with Gasteiger partial charge in [-0.15, -0.1) is 0 Å². The van der Waals surface area contributed by atoms with E-state index in [9.17, 15) is 19.8 Å². The van der Waals surface area contributed by atoms with Crippen molar-refractivity contribution in [3.8, 4) is 0 Å². The van der Waals surface area contributed by atoms with Crippen LogP contribution in [0.3, 0.4) is 0 Å². The van der Waals surface area contributed by atoms with Gasteiger partial charge < -0.3 is 20.3 Å². The summed E-state index contributed by atoms with van der Waals surface area (Å²) in [5, 5.41) is 23.2. The number of amides is 1. The van der Waals surface area contributed by atoms with Crippen molar-refractivity contribution < 1.29 is 24.5 Å². The number of rotatable bonds is 61. The fraction of sp³-hybridized carbons (Fsp3) is 0.938. The highest BCUT2D eigenvalue weighted by Gasteiger charge is 2.18. The van der Waals surface area contributed by atoms with Crippen molar-refractivity contribution >= 4 is 11.9 Å². The van der Waals surface area contributed by atoms with Gasteiger partial charge in [0.2, 0.25) is 5.91 Å². The molecule has 0 aromatic heterocycles. The lowest BCUT2D eigenvalue weighted by molar-refractivity contribution is -0.143. The Morgan fingerprint density at radius 2 is 0.648 bits per heavy atom. The van der Waals surface area contributed by atoms with Gasteiger partial charge in [-0.05, 0) is 32.1 Å². The molecule has 0 aliphatic carbocycles. The zero-order chi connectivity index (χ0) is 51.4. The van der Waals surface area contributed by atoms with Crippen LogP contribution in [-0.4, -0.2) is 47.4 Å². The van der Waals surface area contributed by atoms with Crippen molar-refractivity contribution in [2.75, 3.05) is 13.2 Å². The van der Waals surface area contributed by atoms with Crippen LogP contribution < -0.4 is 5.32 Å². The summed E-state index contributed by atoms with van der Waals surface area (Å²) in [6.07, 6.45) is 74.1. The Morgan fingerprint density at radius 1 is 0.380 bits per heavy atom. The predicted molar refractivity (Wildman–Crippen MR) is 310 cm³/mol. The number of carbonyl (C=O) groups excluding carboxylic acids is 2. The summed E-state index contributed by atoms with van der Waals surface area (Å²) in [7, 11) is 0. The minimum atomic E-state index is -0.843. The summed E-state index contributed by atoms with van der Waals surface area (Å²) >= 11 is 0. The third-order valence-corrected chi connectivity index (χ3v) is 15.3. The second kappa shape index (κ2) is 61.1. The van der Waals surface area contributed by atoms with E-state index in [2.05, 4.69) is 19.2 Å². The molecule has 1 amide bonds. The van der Waals surface area contributed by atoms with Gasteiger partial charge in [0.15, 0.2) is 0 Å². The van der Waals surface area contributed by atoms with Crippen LogP contribution in [0.2, 0.25) is 0 Å². The van der Waals surface area contributed by atoms with E-state index in [1.807, 2.05) is 6.08 Å². The van der Waals surface area contributed by atoms with Crippen LogP contribution in [0, 0.1) is 0 Å². The number of aliphatic hydroxyl groups excluding tert-OH is 2. The van der Waals surface area contributed by atoms with Gasteiger partial charge in [-0.2, -0.15) is 0 Å². The molecule has 0 aromatic rings. The van der Waals surface area contributed by atoms with Crippen molar-refractivity contribution in [2.24, 2.45) is 0 Å². The molecular weight excluding hydrogens is 875 g/mol. The summed E-state index contributed by atoms with van der Waals surface area (Å²) in [5.74, 6) is -0.0464. The number of carbonyl (C=O) groups is 2. The minimum absolute atomic E-state index is 0.0163. The molecule has 2 unspecified atom stereocenters.